The van der Waals surface area contributed by atoms with Gasteiger partial charge in [-0.3, -0.25) is 0 Å². The predicted octanol–water partition coefficient (Wildman–Crippen LogP) is 16.0. The van der Waals surface area contributed by atoms with E-state index in [1.807, 2.05) is 11.3 Å². The second-order valence-corrected chi connectivity index (χ2v) is 15.6. The van der Waals surface area contributed by atoms with Crippen LogP contribution in [0.4, 0.5) is 17.1 Å². The Kier molecular flexibility index (Phi) is 7.75. The second kappa shape index (κ2) is 13.4. The van der Waals surface area contributed by atoms with E-state index in [1.165, 1.54) is 85.9 Å². The molecule has 0 bridgehead atoms. The van der Waals surface area contributed by atoms with Crippen LogP contribution in [0, 0.1) is 0 Å². The van der Waals surface area contributed by atoms with Crippen molar-refractivity contribution in [2.45, 2.75) is 0 Å². The van der Waals surface area contributed by atoms with Gasteiger partial charge in [0.15, 0.2) is 0 Å². The van der Waals surface area contributed by atoms with Crippen LogP contribution in [0.2, 0.25) is 0 Å². The smallest absolute Gasteiger partial charge is 0.0468 e. The fourth-order valence-corrected chi connectivity index (χ4v) is 9.55. The maximum absolute atomic E-state index is 2.40. The van der Waals surface area contributed by atoms with Crippen LogP contribution in [0.15, 0.2) is 212 Å². The molecule has 56 heavy (non-hydrogen) atoms. The van der Waals surface area contributed by atoms with Crippen molar-refractivity contribution in [1.29, 1.82) is 0 Å². The first-order valence-electron chi connectivity index (χ1n) is 19.2. The van der Waals surface area contributed by atoms with Gasteiger partial charge in [-0.1, -0.05) is 152 Å². The largest absolute Gasteiger partial charge is 0.310 e. The molecule has 0 saturated carbocycles. The van der Waals surface area contributed by atoms with Gasteiger partial charge in [-0.2, -0.15) is 0 Å². The van der Waals surface area contributed by atoms with Crippen molar-refractivity contribution >= 4 is 80.9 Å². The Labute approximate surface area is 330 Å². The Hall–Kier alpha value is -7.00. The van der Waals surface area contributed by atoms with Crippen molar-refractivity contribution in [3.05, 3.63) is 212 Å². The third kappa shape index (κ3) is 5.62. The molecule has 0 amide bonds. The fourth-order valence-electron chi connectivity index (χ4n) is 8.46. The monoisotopic (exact) mass is 729 g/mol. The van der Waals surface area contributed by atoms with Crippen LogP contribution in [0.1, 0.15) is 0 Å². The van der Waals surface area contributed by atoms with Crippen LogP contribution in [-0.4, -0.2) is 0 Å². The van der Waals surface area contributed by atoms with Crippen molar-refractivity contribution in [3.8, 4) is 33.4 Å². The lowest BCUT2D eigenvalue weighted by Gasteiger charge is -2.26. The van der Waals surface area contributed by atoms with Crippen LogP contribution >= 0.6 is 11.3 Å². The molecule has 0 spiro atoms. The standard InChI is InChI=1S/C54H35NS/c1-3-17-47-37(10-1)12-9-20-49(47)42-15-7-13-39(32-42)40-14-8-16-45(34-40)55(46-29-31-54-52(35-46)51-19-5-6-21-53(51)56-54)44-27-24-36(25-28-44)41-26-30-50-43(33-41)23-22-38-11-2-4-18-48(38)50/h1-35H. The SMILES string of the molecule is c1cc(-c2cccc(N(c3ccc(-c4ccc5c(ccc6ccccc65)c4)cc3)c3ccc4sc5ccccc5c4c3)c2)cc(-c2cccc3ccccc23)c1. The molecule has 1 heterocycles. The summed E-state index contributed by atoms with van der Waals surface area (Å²) in [4.78, 5) is 2.40. The van der Waals surface area contributed by atoms with E-state index in [9.17, 15) is 0 Å². The van der Waals surface area contributed by atoms with E-state index in [0.29, 0.717) is 0 Å². The second-order valence-electron chi connectivity index (χ2n) is 14.5. The zero-order valence-corrected chi connectivity index (χ0v) is 31.4. The number of fused-ring (bicyclic) bond motifs is 7. The maximum atomic E-state index is 2.40. The highest BCUT2D eigenvalue weighted by Gasteiger charge is 2.17. The third-order valence-electron chi connectivity index (χ3n) is 11.2. The maximum Gasteiger partial charge on any atom is 0.0468 e. The van der Waals surface area contributed by atoms with Crippen LogP contribution in [0.5, 0.6) is 0 Å². The van der Waals surface area contributed by atoms with Gasteiger partial charge in [-0.15, -0.1) is 11.3 Å². The lowest BCUT2D eigenvalue weighted by atomic mass is 9.95. The first kappa shape index (κ1) is 32.4. The molecule has 0 aliphatic rings. The molecule has 2 heteroatoms. The topological polar surface area (TPSA) is 3.24 Å². The molecular weight excluding hydrogens is 695 g/mol. The van der Waals surface area contributed by atoms with E-state index in [-0.39, 0.29) is 0 Å². The van der Waals surface area contributed by atoms with Crippen molar-refractivity contribution in [2.24, 2.45) is 0 Å². The summed E-state index contributed by atoms with van der Waals surface area (Å²) in [5.74, 6) is 0. The molecule has 0 atom stereocenters. The summed E-state index contributed by atoms with van der Waals surface area (Å²) in [6.07, 6.45) is 0. The summed E-state index contributed by atoms with van der Waals surface area (Å²) in [6, 6.07) is 77.8. The van der Waals surface area contributed by atoms with E-state index in [1.54, 1.807) is 0 Å². The summed E-state index contributed by atoms with van der Waals surface area (Å²) in [6.45, 7) is 0. The summed E-state index contributed by atoms with van der Waals surface area (Å²) in [5.41, 5.74) is 10.6. The number of benzene rings is 10. The Balaban J connectivity index is 1.02. The van der Waals surface area contributed by atoms with E-state index >= 15 is 0 Å². The number of nitrogens with zero attached hydrogens (tertiary/aromatic N) is 1. The average molecular weight is 730 g/mol. The number of rotatable bonds is 6. The van der Waals surface area contributed by atoms with E-state index in [0.717, 1.165) is 17.1 Å². The third-order valence-corrected chi connectivity index (χ3v) is 12.4. The molecule has 11 rings (SSSR count). The molecule has 262 valence electrons. The van der Waals surface area contributed by atoms with Crippen LogP contribution in [0.3, 0.4) is 0 Å². The zero-order chi connectivity index (χ0) is 37.0. The van der Waals surface area contributed by atoms with Crippen molar-refractivity contribution in [3.63, 3.8) is 0 Å². The molecule has 0 fully saturated rings. The summed E-state index contributed by atoms with van der Waals surface area (Å²) < 4.78 is 2.61. The predicted molar refractivity (Wildman–Crippen MR) is 243 cm³/mol. The summed E-state index contributed by atoms with van der Waals surface area (Å²) >= 11 is 1.86. The molecule has 1 aromatic heterocycles. The van der Waals surface area contributed by atoms with Crippen LogP contribution < -0.4 is 4.90 Å². The fraction of sp³-hybridized carbons (Fsp3) is 0. The molecule has 0 saturated heterocycles. The Morgan fingerprint density at radius 2 is 0.839 bits per heavy atom. The molecule has 10 aromatic carbocycles. The average Bonchev–Trinajstić information content (AvgIpc) is 3.64. The Bertz CT molecular complexity index is 3260. The van der Waals surface area contributed by atoms with E-state index < -0.39 is 0 Å². The summed E-state index contributed by atoms with van der Waals surface area (Å²) in [5, 5.41) is 10.2. The highest BCUT2D eigenvalue weighted by molar-refractivity contribution is 7.25. The van der Waals surface area contributed by atoms with Crippen molar-refractivity contribution < 1.29 is 0 Å². The van der Waals surface area contributed by atoms with Gasteiger partial charge in [0.2, 0.25) is 0 Å². The number of thiophene rings is 1. The minimum Gasteiger partial charge on any atom is -0.310 e. The normalized spacial score (nSPS) is 11.6. The van der Waals surface area contributed by atoms with Gasteiger partial charge >= 0.3 is 0 Å². The molecule has 1 nitrogen and oxygen atoms in total. The lowest BCUT2D eigenvalue weighted by molar-refractivity contribution is 1.29. The number of hydrogen-bond donors (Lipinski definition) is 0. The molecule has 0 aliphatic carbocycles. The van der Waals surface area contributed by atoms with Gasteiger partial charge in [-0.05, 0) is 126 Å². The Morgan fingerprint density at radius 1 is 0.268 bits per heavy atom. The van der Waals surface area contributed by atoms with Crippen LogP contribution in [0.25, 0.3) is 85.9 Å². The first-order valence-corrected chi connectivity index (χ1v) is 20.0. The molecule has 0 aliphatic heterocycles. The molecule has 0 radical (unpaired) electrons. The highest BCUT2D eigenvalue weighted by Crippen LogP contribution is 2.42. The van der Waals surface area contributed by atoms with Crippen molar-refractivity contribution in [2.75, 3.05) is 4.90 Å². The van der Waals surface area contributed by atoms with Gasteiger partial charge in [0, 0.05) is 37.2 Å². The van der Waals surface area contributed by atoms with Gasteiger partial charge in [-0.25, -0.2) is 0 Å². The summed E-state index contributed by atoms with van der Waals surface area (Å²) in [7, 11) is 0. The number of hydrogen-bond acceptors (Lipinski definition) is 2. The quantitative estimate of drug-likeness (QED) is 0.154. The number of anilines is 3. The minimum absolute atomic E-state index is 1.11. The van der Waals surface area contributed by atoms with E-state index in [4.69, 9.17) is 0 Å². The minimum atomic E-state index is 1.11. The highest BCUT2D eigenvalue weighted by atomic mass is 32.1. The molecule has 0 N–H and O–H groups in total. The van der Waals surface area contributed by atoms with Gasteiger partial charge in [0.25, 0.3) is 0 Å². The van der Waals surface area contributed by atoms with Gasteiger partial charge in [0.05, 0.1) is 0 Å². The van der Waals surface area contributed by atoms with Gasteiger partial charge in [0.1, 0.15) is 0 Å². The lowest BCUT2D eigenvalue weighted by Crippen LogP contribution is -2.10. The van der Waals surface area contributed by atoms with E-state index in [2.05, 4.69) is 217 Å². The van der Waals surface area contributed by atoms with Crippen LogP contribution in [-0.2, 0) is 0 Å². The zero-order valence-electron chi connectivity index (χ0n) is 30.6. The molecular formula is C54H35NS. The molecule has 0 unspecified atom stereocenters. The Morgan fingerprint density at radius 3 is 1.71 bits per heavy atom. The van der Waals surface area contributed by atoms with Crippen molar-refractivity contribution in [1.82, 2.24) is 0 Å². The first-order chi connectivity index (χ1) is 27.7. The van der Waals surface area contributed by atoms with Gasteiger partial charge < -0.3 is 4.90 Å². The molecule has 11 aromatic rings.